The molecule has 0 aliphatic rings. The Morgan fingerprint density at radius 1 is 1.05 bits per heavy atom. The summed E-state index contributed by atoms with van der Waals surface area (Å²) in [6.45, 7) is 5.01. The molecule has 2 heteroatoms. The van der Waals surface area contributed by atoms with Crippen molar-refractivity contribution in [3.05, 3.63) is 70.9 Å². The molecule has 100 valence electrons. The maximum atomic E-state index is 11.2. The number of aldehydes is 1. The molecule has 1 heterocycles. The Hall–Kier alpha value is -2.35. The molecule has 1 aromatic heterocycles. The number of fused-ring (bicyclic) bond motifs is 1. The molecule has 0 aliphatic heterocycles. The second-order valence-corrected chi connectivity index (χ2v) is 5.34. The maximum absolute atomic E-state index is 11.2. The Morgan fingerprint density at radius 2 is 1.80 bits per heavy atom. The van der Waals surface area contributed by atoms with Crippen LogP contribution in [0.3, 0.4) is 0 Å². The molecule has 0 unspecified atom stereocenters. The quantitative estimate of drug-likeness (QED) is 0.651. The van der Waals surface area contributed by atoms with E-state index in [0.29, 0.717) is 0 Å². The summed E-state index contributed by atoms with van der Waals surface area (Å²) < 4.78 is 2.15. The minimum Gasteiger partial charge on any atom is -0.342 e. The largest absolute Gasteiger partial charge is 0.342 e. The first kappa shape index (κ1) is 12.7. The van der Waals surface area contributed by atoms with Gasteiger partial charge in [0.1, 0.15) is 0 Å². The summed E-state index contributed by atoms with van der Waals surface area (Å²) in [5.74, 6) is 0. The van der Waals surface area contributed by atoms with Crippen molar-refractivity contribution in [2.75, 3.05) is 0 Å². The first-order valence-corrected chi connectivity index (χ1v) is 6.77. The smallest absolute Gasteiger partial charge is 0.152 e. The summed E-state index contributed by atoms with van der Waals surface area (Å²) in [4.78, 5) is 11.2. The van der Waals surface area contributed by atoms with E-state index in [1.54, 1.807) is 0 Å². The Balaban J connectivity index is 2.08. The van der Waals surface area contributed by atoms with E-state index in [1.165, 1.54) is 16.7 Å². The van der Waals surface area contributed by atoms with Crippen LogP contribution in [0.5, 0.6) is 0 Å². The number of carbonyl (C=O) groups excluding carboxylic acids is 1. The number of aromatic nitrogens is 1. The van der Waals surface area contributed by atoms with E-state index in [1.807, 2.05) is 18.2 Å². The number of aryl methyl sites for hydroxylation is 2. The number of rotatable bonds is 3. The lowest BCUT2D eigenvalue weighted by atomic mass is 10.1. The van der Waals surface area contributed by atoms with Crippen LogP contribution < -0.4 is 0 Å². The lowest BCUT2D eigenvalue weighted by molar-refractivity contribution is 0.112. The highest BCUT2D eigenvalue weighted by atomic mass is 16.1. The van der Waals surface area contributed by atoms with Crippen LogP contribution in [0.25, 0.3) is 10.9 Å². The van der Waals surface area contributed by atoms with Crippen LogP contribution in [-0.2, 0) is 6.54 Å². The summed E-state index contributed by atoms with van der Waals surface area (Å²) in [7, 11) is 0. The van der Waals surface area contributed by atoms with E-state index in [0.717, 1.165) is 29.3 Å². The average molecular weight is 263 g/mol. The fraction of sp³-hybridized carbons (Fsp3) is 0.167. The zero-order chi connectivity index (χ0) is 14.1. The van der Waals surface area contributed by atoms with Crippen LogP contribution in [0.4, 0.5) is 0 Å². The van der Waals surface area contributed by atoms with Gasteiger partial charge in [-0.2, -0.15) is 0 Å². The van der Waals surface area contributed by atoms with Crippen LogP contribution in [0.2, 0.25) is 0 Å². The summed E-state index contributed by atoms with van der Waals surface area (Å²) >= 11 is 0. The molecule has 0 aliphatic carbocycles. The van der Waals surface area contributed by atoms with Gasteiger partial charge in [-0.25, -0.2) is 0 Å². The molecule has 0 atom stereocenters. The van der Waals surface area contributed by atoms with Crippen molar-refractivity contribution >= 4 is 17.2 Å². The maximum Gasteiger partial charge on any atom is 0.152 e. The Kier molecular flexibility index (Phi) is 3.15. The topological polar surface area (TPSA) is 22.0 Å². The standard InChI is InChI=1S/C18H17NO/c1-13-8-14(2)10-15(9-13)11-19-7-6-16-4-3-5-17(12-20)18(16)19/h3-10,12H,11H2,1-2H3. The lowest BCUT2D eigenvalue weighted by Gasteiger charge is -2.09. The van der Waals surface area contributed by atoms with Gasteiger partial charge in [-0.05, 0) is 31.5 Å². The molecule has 2 aromatic carbocycles. The molecule has 0 amide bonds. The van der Waals surface area contributed by atoms with Gasteiger partial charge in [0.2, 0.25) is 0 Å². The third-order valence-corrected chi connectivity index (χ3v) is 3.58. The van der Waals surface area contributed by atoms with E-state index in [-0.39, 0.29) is 0 Å². The molecule has 0 radical (unpaired) electrons. The van der Waals surface area contributed by atoms with E-state index >= 15 is 0 Å². The molecule has 0 saturated carbocycles. The molecule has 0 bridgehead atoms. The molecular weight excluding hydrogens is 246 g/mol. The number of hydrogen-bond acceptors (Lipinski definition) is 1. The van der Waals surface area contributed by atoms with E-state index in [4.69, 9.17) is 0 Å². The van der Waals surface area contributed by atoms with E-state index in [9.17, 15) is 4.79 Å². The van der Waals surface area contributed by atoms with Gasteiger partial charge in [0, 0.05) is 23.7 Å². The van der Waals surface area contributed by atoms with Crippen molar-refractivity contribution in [2.45, 2.75) is 20.4 Å². The lowest BCUT2D eigenvalue weighted by Crippen LogP contribution is -2.00. The summed E-state index contributed by atoms with van der Waals surface area (Å²) in [5, 5.41) is 1.11. The Bertz CT molecular complexity index is 763. The number of benzene rings is 2. The molecule has 20 heavy (non-hydrogen) atoms. The van der Waals surface area contributed by atoms with Crippen LogP contribution in [-0.4, -0.2) is 10.9 Å². The number of nitrogens with zero attached hydrogens (tertiary/aromatic N) is 1. The van der Waals surface area contributed by atoms with Gasteiger partial charge < -0.3 is 4.57 Å². The predicted molar refractivity (Wildman–Crippen MR) is 82.3 cm³/mol. The fourth-order valence-corrected chi connectivity index (χ4v) is 2.87. The summed E-state index contributed by atoms with van der Waals surface area (Å²) in [6, 6.07) is 14.5. The van der Waals surface area contributed by atoms with Crippen molar-refractivity contribution in [3.8, 4) is 0 Å². The number of hydrogen-bond donors (Lipinski definition) is 0. The number of carbonyl (C=O) groups is 1. The second-order valence-electron chi connectivity index (χ2n) is 5.34. The van der Waals surface area contributed by atoms with Crippen molar-refractivity contribution in [1.82, 2.24) is 4.57 Å². The zero-order valence-electron chi connectivity index (χ0n) is 11.8. The van der Waals surface area contributed by atoms with Gasteiger partial charge in [0.15, 0.2) is 6.29 Å². The SMILES string of the molecule is Cc1cc(C)cc(Cn2ccc3cccc(C=O)c32)c1. The average Bonchev–Trinajstić information content (AvgIpc) is 2.81. The normalized spacial score (nSPS) is 10.9. The highest BCUT2D eigenvalue weighted by Crippen LogP contribution is 2.21. The summed E-state index contributed by atoms with van der Waals surface area (Å²) in [6.07, 6.45) is 2.98. The first-order valence-electron chi connectivity index (χ1n) is 6.77. The van der Waals surface area contributed by atoms with Crippen molar-refractivity contribution in [1.29, 1.82) is 0 Å². The van der Waals surface area contributed by atoms with Crippen LogP contribution in [0.1, 0.15) is 27.0 Å². The minimum absolute atomic E-state index is 0.747. The molecular formula is C18H17NO. The zero-order valence-corrected chi connectivity index (χ0v) is 11.8. The predicted octanol–water partition coefficient (Wildman–Crippen LogP) is 4.12. The van der Waals surface area contributed by atoms with E-state index < -0.39 is 0 Å². The molecule has 3 rings (SSSR count). The molecule has 3 aromatic rings. The van der Waals surface area contributed by atoms with Gasteiger partial charge in [0.05, 0.1) is 5.52 Å². The first-order chi connectivity index (χ1) is 9.67. The molecule has 2 nitrogen and oxygen atoms in total. The van der Waals surface area contributed by atoms with Gasteiger partial charge >= 0.3 is 0 Å². The third-order valence-electron chi connectivity index (χ3n) is 3.58. The van der Waals surface area contributed by atoms with Crippen molar-refractivity contribution in [2.24, 2.45) is 0 Å². The molecule has 0 saturated heterocycles. The Morgan fingerprint density at radius 3 is 2.50 bits per heavy atom. The van der Waals surface area contributed by atoms with Gasteiger partial charge in [-0.15, -0.1) is 0 Å². The monoisotopic (exact) mass is 263 g/mol. The van der Waals surface area contributed by atoms with E-state index in [2.05, 4.69) is 48.9 Å². The molecule has 0 fully saturated rings. The van der Waals surface area contributed by atoms with Gasteiger partial charge in [-0.1, -0.05) is 41.5 Å². The fourth-order valence-electron chi connectivity index (χ4n) is 2.87. The van der Waals surface area contributed by atoms with Crippen LogP contribution in [0.15, 0.2) is 48.7 Å². The molecule has 0 spiro atoms. The highest BCUT2D eigenvalue weighted by Gasteiger charge is 2.06. The second kappa shape index (κ2) is 4.97. The van der Waals surface area contributed by atoms with Gasteiger partial charge in [0.25, 0.3) is 0 Å². The highest BCUT2D eigenvalue weighted by molar-refractivity contribution is 5.96. The number of para-hydroxylation sites is 1. The summed E-state index contributed by atoms with van der Waals surface area (Å²) in [5.41, 5.74) is 5.57. The Labute approximate surface area is 118 Å². The van der Waals surface area contributed by atoms with Crippen molar-refractivity contribution in [3.63, 3.8) is 0 Å². The van der Waals surface area contributed by atoms with Crippen LogP contribution >= 0.6 is 0 Å². The van der Waals surface area contributed by atoms with Gasteiger partial charge in [-0.3, -0.25) is 4.79 Å². The van der Waals surface area contributed by atoms with Crippen LogP contribution in [0, 0.1) is 13.8 Å². The minimum atomic E-state index is 0.747. The molecule has 0 N–H and O–H groups in total. The van der Waals surface area contributed by atoms with Crippen molar-refractivity contribution < 1.29 is 4.79 Å². The third kappa shape index (κ3) is 2.25.